The number of benzene rings is 1. The van der Waals surface area contributed by atoms with Gasteiger partial charge in [-0.1, -0.05) is 18.9 Å². The molecular weight excluding hydrogens is 404 g/mol. The molecule has 0 saturated heterocycles. The Balaban J connectivity index is 1.34. The smallest absolute Gasteiger partial charge is 0.321 e. The number of hydrogen-bond donors (Lipinski definition) is 2. The van der Waals surface area contributed by atoms with Crippen LogP contribution >= 0.6 is 0 Å². The van der Waals surface area contributed by atoms with Crippen LogP contribution in [0.15, 0.2) is 41.0 Å². The average Bonchev–Trinajstić information content (AvgIpc) is 3.48. The van der Waals surface area contributed by atoms with Crippen molar-refractivity contribution in [1.82, 2.24) is 10.6 Å². The van der Waals surface area contributed by atoms with E-state index in [-0.39, 0.29) is 6.54 Å². The van der Waals surface area contributed by atoms with E-state index in [0.717, 1.165) is 18.4 Å². The second-order valence-corrected chi connectivity index (χ2v) is 7.53. The van der Waals surface area contributed by atoms with Gasteiger partial charge in [-0.15, -0.1) is 0 Å². The van der Waals surface area contributed by atoms with Crippen molar-refractivity contribution in [2.75, 3.05) is 19.8 Å². The minimum atomic E-state index is -0.836. The first-order chi connectivity index (χ1) is 15.1. The lowest BCUT2D eigenvalue weighted by Crippen LogP contribution is -2.42. The zero-order valence-corrected chi connectivity index (χ0v) is 17.0. The van der Waals surface area contributed by atoms with E-state index >= 15 is 0 Å². The van der Waals surface area contributed by atoms with Gasteiger partial charge in [0.2, 0.25) is 0 Å². The number of esters is 1. The molecule has 3 amide bonds. The van der Waals surface area contributed by atoms with Crippen molar-refractivity contribution >= 4 is 17.9 Å². The number of imide groups is 1. The first-order valence-corrected chi connectivity index (χ1v) is 10.2. The summed E-state index contributed by atoms with van der Waals surface area (Å²) in [5, 5.41) is 4.63. The van der Waals surface area contributed by atoms with Crippen molar-refractivity contribution in [2.24, 2.45) is 0 Å². The molecule has 2 aliphatic rings. The molecule has 2 aromatic rings. The molecule has 1 aliphatic heterocycles. The van der Waals surface area contributed by atoms with E-state index in [4.69, 9.17) is 18.6 Å². The van der Waals surface area contributed by atoms with Crippen molar-refractivity contribution in [3.63, 3.8) is 0 Å². The van der Waals surface area contributed by atoms with Crippen LogP contribution in [0.3, 0.4) is 0 Å². The van der Waals surface area contributed by atoms with Crippen molar-refractivity contribution in [1.29, 1.82) is 0 Å². The summed E-state index contributed by atoms with van der Waals surface area (Å²) in [6.07, 6.45) is 4.49. The lowest BCUT2D eigenvalue weighted by Gasteiger charge is -2.28. The van der Waals surface area contributed by atoms with E-state index in [1.165, 1.54) is 6.26 Å². The third-order valence-corrected chi connectivity index (χ3v) is 5.53. The van der Waals surface area contributed by atoms with Gasteiger partial charge in [-0.3, -0.25) is 14.9 Å². The minimum absolute atomic E-state index is 0.138. The maximum Gasteiger partial charge on any atom is 0.321 e. The average molecular weight is 428 g/mol. The molecule has 0 atom stereocenters. The van der Waals surface area contributed by atoms with Gasteiger partial charge in [-0.05, 0) is 42.7 Å². The summed E-state index contributed by atoms with van der Waals surface area (Å²) in [7, 11) is 0. The fraction of sp³-hybridized carbons (Fsp3) is 0.409. The fourth-order valence-electron chi connectivity index (χ4n) is 3.99. The van der Waals surface area contributed by atoms with E-state index in [1.807, 2.05) is 12.1 Å². The van der Waals surface area contributed by atoms with E-state index in [1.54, 1.807) is 18.2 Å². The molecule has 4 rings (SSSR count). The number of hydrogen-bond acceptors (Lipinski definition) is 7. The van der Waals surface area contributed by atoms with Gasteiger partial charge < -0.3 is 23.9 Å². The van der Waals surface area contributed by atoms with E-state index < -0.39 is 29.9 Å². The van der Waals surface area contributed by atoms with E-state index in [2.05, 4.69) is 10.6 Å². The molecule has 9 heteroatoms. The normalized spacial score (nSPS) is 16.4. The Hall–Kier alpha value is -3.49. The number of carbonyl (C=O) groups is 3. The highest BCUT2D eigenvalue weighted by atomic mass is 16.6. The summed E-state index contributed by atoms with van der Waals surface area (Å²) >= 11 is 0. The Labute approximate surface area is 179 Å². The molecule has 31 heavy (non-hydrogen) atoms. The van der Waals surface area contributed by atoms with Crippen LogP contribution in [0.4, 0.5) is 4.79 Å². The first-order valence-electron chi connectivity index (χ1n) is 10.2. The zero-order valence-electron chi connectivity index (χ0n) is 17.0. The number of ether oxygens (including phenoxy) is 3. The molecule has 2 N–H and O–H groups in total. The molecule has 1 aromatic carbocycles. The Morgan fingerprint density at radius 2 is 1.81 bits per heavy atom. The van der Waals surface area contributed by atoms with E-state index in [0.29, 0.717) is 43.3 Å². The molecule has 2 heterocycles. The van der Waals surface area contributed by atoms with Gasteiger partial charge in [-0.25, -0.2) is 4.79 Å². The first kappa shape index (κ1) is 20.8. The highest BCUT2D eigenvalue weighted by Crippen LogP contribution is 2.45. The Morgan fingerprint density at radius 1 is 1.03 bits per heavy atom. The predicted molar refractivity (Wildman–Crippen MR) is 108 cm³/mol. The van der Waals surface area contributed by atoms with Gasteiger partial charge >= 0.3 is 12.0 Å². The van der Waals surface area contributed by atoms with Crippen LogP contribution in [-0.4, -0.2) is 37.7 Å². The zero-order chi connectivity index (χ0) is 21.7. The lowest BCUT2D eigenvalue weighted by atomic mass is 9.78. The van der Waals surface area contributed by atoms with Crippen LogP contribution in [-0.2, 0) is 26.3 Å². The third kappa shape index (κ3) is 4.65. The number of rotatable bonds is 6. The molecule has 0 spiro atoms. The third-order valence-electron chi connectivity index (χ3n) is 5.53. The summed E-state index contributed by atoms with van der Waals surface area (Å²) in [6.45, 7) is 0.540. The highest BCUT2D eigenvalue weighted by Gasteiger charge is 2.45. The van der Waals surface area contributed by atoms with Crippen molar-refractivity contribution in [3.8, 4) is 11.5 Å². The molecule has 164 valence electrons. The highest BCUT2D eigenvalue weighted by molar-refractivity contribution is 5.96. The van der Waals surface area contributed by atoms with Crippen molar-refractivity contribution in [3.05, 3.63) is 47.9 Å². The number of furan rings is 1. The topological polar surface area (TPSA) is 116 Å². The Bertz CT molecular complexity index is 949. The molecule has 9 nitrogen and oxygen atoms in total. The molecule has 1 fully saturated rings. The van der Waals surface area contributed by atoms with Crippen molar-refractivity contribution < 1.29 is 33.0 Å². The second-order valence-electron chi connectivity index (χ2n) is 7.53. The van der Waals surface area contributed by atoms with E-state index in [9.17, 15) is 14.4 Å². The number of amides is 3. The van der Waals surface area contributed by atoms with Gasteiger partial charge in [-0.2, -0.15) is 0 Å². The maximum absolute atomic E-state index is 13.0. The second kappa shape index (κ2) is 9.11. The fourth-order valence-corrected chi connectivity index (χ4v) is 3.99. The molecule has 0 radical (unpaired) electrons. The number of nitrogens with one attached hydrogen (secondary N) is 2. The predicted octanol–water partition coefficient (Wildman–Crippen LogP) is 2.43. The summed E-state index contributed by atoms with van der Waals surface area (Å²) < 4.78 is 21.6. The van der Waals surface area contributed by atoms with Crippen LogP contribution in [0, 0.1) is 0 Å². The SMILES string of the molecule is O=C(COC(=O)C1(c2ccc3c(c2)OCCO3)CCCC1)NC(=O)NCc1ccco1. The van der Waals surface area contributed by atoms with Crippen LogP contribution in [0.2, 0.25) is 0 Å². The lowest BCUT2D eigenvalue weighted by molar-refractivity contribution is -0.154. The summed E-state index contributed by atoms with van der Waals surface area (Å²) in [4.78, 5) is 36.9. The summed E-state index contributed by atoms with van der Waals surface area (Å²) in [5.41, 5.74) is -0.0478. The molecule has 0 bridgehead atoms. The van der Waals surface area contributed by atoms with Gasteiger partial charge in [0.05, 0.1) is 18.2 Å². The molecule has 1 saturated carbocycles. The largest absolute Gasteiger partial charge is 0.486 e. The number of carbonyl (C=O) groups excluding carboxylic acids is 3. The Morgan fingerprint density at radius 3 is 2.55 bits per heavy atom. The van der Waals surface area contributed by atoms with Gasteiger partial charge in [0.1, 0.15) is 19.0 Å². The van der Waals surface area contributed by atoms with Crippen LogP contribution in [0.25, 0.3) is 0 Å². The molecule has 0 unspecified atom stereocenters. The van der Waals surface area contributed by atoms with Gasteiger partial charge in [0.25, 0.3) is 5.91 Å². The van der Waals surface area contributed by atoms with Crippen molar-refractivity contribution in [2.45, 2.75) is 37.6 Å². The van der Waals surface area contributed by atoms with Gasteiger partial charge in [0, 0.05) is 0 Å². The quantitative estimate of drug-likeness (QED) is 0.679. The minimum Gasteiger partial charge on any atom is -0.486 e. The number of urea groups is 1. The van der Waals surface area contributed by atoms with Crippen LogP contribution < -0.4 is 20.1 Å². The molecular formula is C22H24N2O7. The van der Waals surface area contributed by atoms with Crippen LogP contribution in [0.5, 0.6) is 11.5 Å². The van der Waals surface area contributed by atoms with Gasteiger partial charge in [0.15, 0.2) is 18.1 Å². The molecule has 1 aliphatic carbocycles. The van der Waals surface area contributed by atoms with Crippen LogP contribution in [0.1, 0.15) is 37.0 Å². The summed E-state index contributed by atoms with van der Waals surface area (Å²) in [6, 6.07) is 8.17. The Kier molecular flexibility index (Phi) is 6.11. The maximum atomic E-state index is 13.0. The molecule has 1 aromatic heterocycles. The number of fused-ring (bicyclic) bond motifs is 1. The summed E-state index contributed by atoms with van der Waals surface area (Å²) in [5.74, 6) is 0.621. The standard InChI is InChI=1S/C22H24N2O7/c25-19(24-21(27)23-13-16-4-3-9-28-16)14-31-20(26)22(7-1-2-8-22)15-5-6-17-18(12-15)30-11-10-29-17/h3-6,9,12H,1-2,7-8,10-11,13-14H2,(H2,23,24,25,27). The monoisotopic (exact) mass is 428 g/mol.